The fourth-order valence-corrected chi connectivity index (χ4v) is 2.26. The van der Waals surface area contributed by atoms with Gasteiger partial charge in [0.25, 0.3) is 0 Å². The number of aromatic nitrogens is 4. The second-order valence-electron chi connectivity index (χ2n) is 4.21. The molecule has 1 aromatic heterocycles. The molecule has 0 saturated heterocycles. The van der Waals surface area contributed by atoms with Gasteiger partial charge in [0.1, 0.15) is 5.82 Å². The summed E-state index contributed by atoms with van der Waals surface area (Å²) in [6.45, 7) is 1.83. The summed E-state index contributed by atoms with van der Waals surface area (Å²) in [6.07, 6.45) is 0.407. The molecule has 0 saturated carbocycles. The molecule has 0 aliphatic carbocycles. The summed E-state index contributed by atoms with van der Waals surface area (Å²) in [6, 6.07) is 4.37. The zero-order valence-corrected chi connectivity index (χ0v) is 12.2. The Morgan fingerprint density at radius 1 is 1.55 bits per heavy atom. The molecule has 2 aromatic rings. The summed E-state index contributed by atoms with van der Waals surface area (Å²) < 4.78 is 15.8. The van der Waals surface area contributed by atoms with E-state index in [1.54, 1.807) is 18.2 Å². The molecule has 0 aliphatic rings. The third-order valence-electron chi connectivity index (χ3n) is 2.91. The standard InChI is InChI=1S/C12H12BrFN4O2/c1-2-7(6-10(19)20)18-12(15-16-17-18)8-4-3-5-9(13)11(8)14/h3-5,7H,2,6H2,1H3,(H,19,20). The average Bonchev–Trinajstić information content (AvgIpc) is 2.88. The topological polar surface area (TPSA) is 80.9 Å². The first-order valence-electron chi connectivity index (χ1n) is 5.98. The first-order chi connectivity index (χ1) is 9.54. The largest absolute Gasteiger partial charge is 0.481 e. The molecule has 0 amide bonds. The number of nitrogens with zero attached hydrogens (tertiary/aromatic N) is 4. The summed E-state index contributed by atoms with van der Waals surface area (Å²) >= 11 is 3.10. The van der Waals surface area contributed by atoms with Gasteiger partial charge in [-0.25, -0.2) is 9.07 Å². The SMILES string of the molecule is CCC(CC(=O)O)n1nnnc1-c1cccc(Br)c1F. The summed E-state index contributed by atoms with van der Waals surface area (Å²) in [5, 5.41) is 20.1. The van der Waals surface area contributed by atoms with Gasteiger partial charge in [-0.3, -0.25) is 4.79 Å². The van der Waals surface area contributed by atoms with Crippen molar-refractivity contribution in [1.29, 1.82) is 0 Å². The highest BCUT2D eigenvalue weighted by molar-refractivity contribution is 9.10. The fourth-order valence-electron chi connectivity index (χ4n) is 1.90. The third kappa shape index (κ3) is 2.84. The van der Waals surface area contributed by atoms with Gasteiger partial charge in [-0.15, -0.1) is 5.10 Å². The molecule has 1 unspecified atom stereocenters. The van der Waals surface area contributed by atoms with Crippen molar-refractivity contribution in [2.45, 2.75) is 25.8 Å². The van der Waals surface area contributed by atoms with Crippen LogP contribution in [0.3, 0.4) is 0 Å². The molecule has 6 nitrogen and oxygen atoms in total. The van der Waals surface area contributed by atoms with E-state index in [2.05, 4.69) is 31.5 Å². The number of carboxylic acids is 1. The first-order valence-corrected chi connectivity index (χ1v) is 6.78. The van der Waals surface area contributed by atoms with E-state index in [4.69, 9.17) is 5.11 Å². The maximum absolute atomic E-state index is 14.1. The molecule has 0 bridgehead atoms. The predicted molar refractivity (Wildman–Crippen MR) is 72.5 cm³/mol. The molecule has 1 N–H and O–H groups in total. The number of aliphatic carboxylic acids is 1. The normalized spacial score (nSPS) is 12.3. The maximum Gasteiger partial charge on any atom is 0.305 e. The molecule has 0 radical (unpaired) electrons. The van der Waals surface area contributed by atoms with Crippen LogP contribution in [-0.4, -0.2) is 31.3 Å². The Balaban J connectivity index is 2.47. The molecule has 20 heavy (non-hydrogen) atoms. The molecular weight excluding hydrogens is 331 g/mol. The van der Waals surface area contributed by atoms with Crippen LogP contribution in [0.25, 0.3) is 11.4 Å². The number of tetrazole rings is 1. The maximum atomic E-state index is 14.1. The average molecular weight is 343 g/mol. The van der Waals surface area contributed by atoms with Crippen molar-refractivity contribution in [2.75, 3.05) is 0 Å². The number of carbonyl (C=O) groups is 1. The molecule has 106 valence electrons. The van der Waals surface area contributed by atoms with Gasteiger partial charge in [-0.2, -0.15) is 0 Å². The van der Waals surface area contributed by atoms with Crippen LogP contribution in [0.15, 0.2) is 22.7 Å². The quantitative estimate of drug-likeness (QED) is 0.903. The van der Waals surface area contributed by atoms with Crippen LogP contribution in [0.5, 0.6) is 0 Å². The second kappa shape index (κ2) is 6.08. The van der Waals surface area contributed by atoms with Crippen LogP contribution in [0.1, 0.15) is 25.8 Å². The monoisotopic (exact) mass is 342 g/mol. The molecule has 0 spiro atoms. The highest BCUT2D eigenvalue weighted by Gasteiger charge is 2.22. The first kappa shape index (κ1) is 14.6. The molecule has 8 heteroatoms. The molecular formula is C12H12BrFN4O2. The fraction of sp³-hybridized carbons (Fsp3) is 0.333. The van der Waals surface area contributed by atoms with Crippen molar-refractivity contribution in [2.24, 2.45) is 0 Å². The van der Waals surface area contributed by atoms with Gasteiger partial charge in [0.05, 0.1) is 22.5 Å². The van der Waals surface area contributed by atoms with Crippen molar-refractivity contribution in [3.63, 3.8) is 0 Å². The third-order valence-corrected chi connectivity index (χ3v) is 3.53. The minimum Gasteiger partial charge on any atom is -0.481 e. The Morgan fingerprint density at radius 3 is 2.95 bits per heavy atom. The van der Waals surface area contributed by atoms with Crippen molar-refractivity contribution in [3.05, 3.63) is 28.5 Å². The highest BCUT2D eigenvalue weighted by Crippen LogP contribution is 2.28. The van der Waals surface area contributed by atoms with Crippen LogP contribution in [0, 0.1) is 5.82 Å². The number of hydrogen-bond acceptors (Lipinski definition) is 4. The van der Waals surface area contributed by atoms with Crippen LogP contribution >= 0.6 is 15.9 Å². The lowest BCUT2D eigenvalue weighted by Gasteiger charge is -2.14. The van der Waals surface area contributed by atoms with Crippen molar-refractivity contribution >= 4 is 21.9 Å². The van der Waals surface area contributed by atoms with E-state index in [1.807, 2.05) is 6.92 Å². The molecule has 0 fully saturated rings. The molecule has 2 rings (SSSR count). The zero-order valence-electron chi connectivity index (χ0n) is 10.6. The highest BCUT2D eigenvalue weighted by atomic mass is 79.9. The van der Waals surface area contributed by atoms with Crippen molar-refractivity contribution < 1.29 is 14.3 Å². The van der Waals surface area contributed by atoms with Gasteiger partial charge in [0, 0.05) is 0 Å². The van der Waals surface area contributed by atoms with E-state index >= 15 is 0 Å². The Bertz CT molecular complexity index is 632. The smallest absolute Gasteiger partial charge is 0.305 e. The molecule has 1 atom stereocenters. The van der Waals surface area contributed by atoms with Crippen molar-refractivity contribution in [1.82, 2.24) is 20.2 Å². The van der Waals surface area contributed by atoms with Crippen LogP contribution in [-0.2, 0) is 4.79 Å². The van der Waals surface area contributed by atoms with Gasteiger partial charge in [0.15, 0.2) is 5.82 Å². The summed E-state index contributed by atoms with van der Waals surface area (Å²) in [5.74, 6) is -1.21. The number of rotatable bonds is 5. The van der Waals surface area contributed by atoms with Gasteiger partial charge in [0.2, 0.25) is 0 Å². The Labute approximate surface area is 122 Å². The van der Waals surface area contributed by atoms with Crippen LogP contribution in [0.4, 0.5) is 4.39 Å². The lowest BCUT2D eigenvalue weighted by molar-refractivity contribution is -0.138. The Morgan fingerprint density at radius 2 is 2.30 bits per heavy atom. The predicted octanol–water partition coefficient (Wildman–Crippen LogP) is 2.67. The van der Waals surface area contributed by atoms with Gasteiger partial charge in [-0.05, 0) is 44.9 Å². The second-order valence-corrected chi connectivity index (χ2v) is 5.06. The lowest BCUT2D eigenvalue weighted by atomic mass is 10.1. The van der Waals surface area contributed by atoms with E-state index in [9.17, 15) is 9.18 Å². The van der Waals surface area contributed by atoms with E-state index < -0.39 is 17.8 Å². The Hall–Kier alpha value is -1.83. The van der Waals surface area contributed by atoms with E-state index in [0.717, 1.165) is 0 Å². The lowest BCUT2D eigenvalue weighted by Crippen LogP contribution is -2.16. The minimum atomic E-state index is -0.951. The number of benzene rings is 1. The zero-order chi connectivity index (χ0) is 14.7. The van der Waals surface area contributed by atoms with E-state index in [1.165, 1.54) is 4.68 Å². The molecule has 0 aliphatic heterocycles. The minimum absolute atomic E-state index is 0.121. The molecule has 1 heterocycles. The van der Waals surface area contributed by atoms with Gasteiger partial charge >= 0.3 is 5.97 Å². The number of carboxylic acid groups (broad SMARTS) is 1. The van der Waals surface area contributed by atoms with E-state index in [-0.39, 0.29) is 17.8 Å². The number of halogens is 2. The Kier molecular flexibility index (Phi) is 4.43. The number of hydrogen-bond donors (Lipinski definition) is 1. The molecule has 1 aromatic carbocycles. The summed E-state index contributed by atoms with van der Waals surface area (Å²) in [7, 11) is 0. The van der Waals surface area contributed by atoms with Crippen LogP contribution < -0.4 is 0 Å². The summed E-state index contributed by atoms with van der Waals surface area (Å²) in [4.78, 5) is 10.9. The van der Waals surface area contributed by atoms with Gasteiger partial charge < -0.3 is 5.11 Å². The summed E-state index contributed by atoms with van der Waals surface area (Å²) in [5.41, 5.74) is 0.230. The van der Waals surface area contributed by atoms with E-state index in [0.29, 0.717) is 10.9 Å². The van der Waals surface area contributed by atoms with Gasteiger partial charge in [-0.1, -0.05) is 13.0 Å². The van der Waals surface area contributed by atoms with Crippen molar-refractivity contribution in [3.8, 4) is 11.4 Å². The van der Waals surface area contributed by atoms with Crippen LogP contribution in [0.2, 0.25) is 0 Å².